The fourth-order valence-electron chi connectivity index (χ4n) is 2.79. The number of cyclic esters (lactones) is 1. The van der Waals surface area contributed by atoms with Crippen molar-refractivity contribution in [1.29, 1.82) is 0 Å². The Morgan fingerprint density at radius 1 is 1.24 bits per heavy atom. The van der Waals surface area contributed by atoms with E-state index in [1.54, 1.807) is 0 Å². The zero-order valence-electron chi connectivity index (χ0n) is 18.2. The smallest absolute Gasteiger partial charge is 0.351 e. The molecule has 1 aliphatic rings. The summed E-state index contributed by atoms with van der Waals surface area (Å²) in [7, 11) is -1.29. The van der Waals surface area contributed by atoms with Crippen molar-refractivity contribution in [2.45, 2.75) is 76.6 Å². The van der Waals surface area contributed by atoms with E-state index in [1.165, 1.54) is 0 Å². The van der Waals surface area contributed by atoms with Crippen LogP contribution in [-0.2, 0) is 30.4 Å². The van der Waals surface area contributed by atoms with Crippen molar-refractivity contribution in [3.8, 4) is 11.8 Å². The number of carbonyl (C=O) groups is 2. The molecule has 2 rings (SSSR count). The molecule has 0 spiro atoms. The highest BCUT2D eigenvalue weighted by molar-refractivity contribution is 6.76. The fourth-order valence-corrected chi connectivity index (χ4v) is 3.51. The maximum atomic E-state index is 12.5. The molecule has 0 N–H and O–H groups in total. The molecule has 1 aliphatic heterocycles. The van der Waals surface area contributed by atoms with Gasteiger partial charge in [-0.15, -0.1) is 5.92 Å². The van der Waals surface area contributed by atoms with Gasteiger partial charge in [-0.25, -0.2) is 4.79 Å². The average Bonchev–Trinajstić information content (AvgIpc) is 2.61. The molecular formula is C23H32O5Si. The molecule has 0 aromatic heterocycles. The van der Waals surface area contributed by atoms with Crippen LogP contribution in [0.5, 0.6) is 0 Å². The summed E-state index contributed by atoms with van der Waals surface area (Å²) in [6.45, 7) is 11.3. The lowest BCUT2D eigenvalue weighted by atomic mass is 9.89. The summed E-state index contributed by atoms with van der Waals surface area (Å²) in [5, 5.41) is 0. The highest BCUT2D eigenvalue weighted by Crippen LogP contribution is 2.34. The number of ether oxygens (including phenoxy) is 3. The Bertz CT molecular complexity index is 760. The molecule has 0 amide bonds. The highest BCUT2D eigenvalue weighted by Gasteiger charge is 2.53. The van der Waals surface area contributed by atoms with E-state index in [-0.39, 0.29) is 12.4 Å². The van der Waals surface area contributed by atoms with Crippen molar-refractivity contribution in [1.82, 2.24) is 0 Å². The Morgan fingerprint density at radius 2 is 1.90 bits per heavy atom. The Kier molecular flexibility index (Phi) is 7.67. The SMILES string of the molecule is CC(C)(C#CCC[C@]1(C(=O)OCC[Si](C)(C)C)CC(=O)O1)OCc1ccccc1. The molecule has 1 aromatic rings. The lowest BCUT2D eigenvalue weighted by molar-refractivity contribution is -0.208. The topological polar surface area (TPSA) is 61.8 Å². The van der Waals surface area contributed by atoms with Gasteiger partial charge in [0.25, 0.3) is 0 Å². The molecule has 6 heteroatoms. The standard InChI is InChI=1S/C23H32O5Si/c1-22(2,27-18-19-11-7-6-8-12-19)13-9-10-14-23(17-20(24)28-23)21(25)26-15-16-29(3,4)5/h6-8,11-12H,10,14-18H2,1-5H3/t23-/m1/s1. The molecule has 5 nitrogen and oxygen atoms in total. The molecule has 29 heavy (non-hydrogen) atoms. The zero-order valence-corrected chi connectivity index (χ0v) is 19.2. The van der Waals surface area contributed by atoms with Gasteiger partial charge in [0, 0.05) is 20.9 Å². The number of hydrogen-bond acceptors (Lipinski definition) is 5. The summed E-state index contributed by atoms with van der Waals surface area (Å²) in [4.78, 5) is 23.9. The van der Waals surface area contributed by atoms with E-state index in [0.717, 1.165) is 11.6 Å². The molecule has 1 saturated heterocycles. The first-order chi connectivity index (χ1) is 13.5. The average molecular weight is 417 g/mol. The molecule has 0 saturated carbocycles. The Hall–Kier alpha value is -2.10. The Morgan fingerprint density at radius 3 is 2.48 bits per heavy atom. The number of hydrogen-bond donors (Lipinski definition) is 0. The molecule has 1 atom stereocenters. The van der Waals surface area contributed by atoms with Crippen molar-refractivity contribution in [3.05, 3.63) is 35.9 Å². The van der Waals surface area contributed by atoms with Crippen molar-refractivity contribution in [2.24, 2.45) is 0 Å². The van der Waals surface area contributed by atoms with E-state index in [9.17, 15) is 9.59 Å². The van der Waals surface area contributed by atoms with E-state index >= 15 is 0 Å². The van der Waals surface area contributed by atoms with Crippen LogP contribution < -0.4 is 0 Å². The van der Waals surface area contributed by atoms with Gasteiger partial charge in [-0.05, 0) is 25.5 Å². The number of rotatable bonds is 9. The van der Waals surface area contributed by atoms with Crippen LogP contribution in [0.4, 0.5) is 0 Å². The van der Waals surface area contributed by atoms with Gasteiger partial charge in [-0.1, -0.05) is 55.9 Å². The maximum absolute atomic E-state index is 12.5. The van der Waals surface area contributed by atoms with Crippen LogP contribution in [0.3, 0.4) is 0 Å². The number of benzene rings is 1. The van der Waals surface area contributed by atoms with Crippen LogP contribution in [0.1, 0.15) is 38.7 Å². The predicted octanol–water partition coefficient (Wildman–Crippen LogP) is 4.33. The van der Waals surface area contributed by atoms with Crippen LogP contribution in [0.15, 0.2) is 30.3 Å². The molecule has 158 valence electrons. The van der Waals surface area contributed by atoms with Gasteiger partial charge < -0.3 is 14.2 Å². The molecule has 1 fully saturated rings. The van der Waals surface area contributed by atoms with E-state index < -0.39 is 25.2 Å². The molecule has 0 radical (unpaired) electrons. The second kappa shape index (κ2) is 9.60. The van der Waals surface area contributed by atoms with Crippen molar-refractivity contribution >= 4 is 20.0 Å². The third kappa shape index (κ3) is 7.67. The van der Waals surface area contributed by atoms with Gasteiger partial charge in [0.15, 0.2) is 0 Å². The summed E-state index contributed by atoms with van der Waals surface area (Å²) in [5.74, 6) is 5.36. The van der Waals surface area contributed by atoms with Crippen LogP contribution >= 0.6 is 0 Å². The van der Waals surface area contributed by atoms with E-state index in [0.29, 0.717) is 26.1 Å². The number of carbonyl (C=O) groups excluding carboxylic acids is 2. The first-order valence-corrected chi connectivity index (χ1v) is 13.8. The van der Waals surface area contributed by atoms with Gasteiger partial charge in [0.2, 0.25) is 5.60 Å². The van der Waals surface area contributed by atoms with Crippen LogP contribution in [-0.4, -0.2) is 37.8 Å². The van der Waals surface area contributed by atoms with Gasteiger partial charge in [0.1, 0.15) is 5.60 Å². The Balaban J connectivity index is 1.84. The minimum absolute atomic E-state index is 0.0638. The monoisotopic (exact) mass is 416 g/mol. The van der Waals surface area contributed by atoms with E-state index in [1.807, 2.05) is 44.2 Å². The summed E-state index contributed by atoms with van der Waals surface area (Å²) >= 11 is 0. The van der Waals surface area contributed by atoms with Crippen LogP contribution in [0.25, 0.3) is 0 Å². The zero-order chi connectivity index (χ0) is 21.5. The van der Waals surface area contributed by atoms with E-state index in [4.69, 9.17) is 14.2 Å². The fraction of sp³-hybridized carbons (Fsp3) is 0.565. The van der Waals surface area contributed by atoms with Crippen LogP contribution in [0.2, 0.25) is 25.7 Å². The molecule has 0 bridgehead atoms. The second-order valence-electron chi connectivity index (χ2n) is 9.18. The van der Waals surface area contributed by atoms with Gasteiger partial charge >= 0.3 is 11.9 Å². The molecule has 1 heterocycles. The lowest BCUT2D eigenvalue weighted by Crippen LogP contribution is -2.54. The number of esters is 2. The predicted molar refractivity (Wildman–Crippen MR) is 115 cm³/mol. The third-order valence-electron chi connectivity index (χ3n) is 4.68. The van der Waals surface area contributed by atoms with Gasteiger partial charge in [-0.3, -0.25) is 4.79 Å². The summed E-state index contributed by atoms with van der Waals surface area (Å²) in [6.07, 6.45) is 0.829. The first kappa shape index (κ1) is 23.2. The molecule has 1 aromatic carbocycles. The summed E-state index contributed by atoms with van der Waals surface area (Å²) in [6, 6.07) is 10.8. The molecule has 0 aliphatic carbocycles. The molecule has 0 unspecified atom stereocenters. The lowest BCUT2D eigenvalue weighted by Gasteiger charge is -2.37. The largest absolute Gasteiger partial charge is 0.463 e. The Labute approximate surface area is 175 Å². The van der Waals surface area contributed by atoms with Crippen molar-refractivity contribution in [2.75, 3.05) is 6.61 Å². The summed E-state index contributed by atoms with van der Waals surface area (Å²) in [5.41, 5.74) is -0.694. The highest BCUT2D eigenvalue weighted by atomic mass is 28.3. The van der Waals surface area contributed by atoms with Gasteiger partial charge in [0.05, 0.1) is 19.6 Å². The van der Waals surface area contributed by atoms with Gasteiger partial charge in [-0.2, -0.15) is 0 Å². The maximum Gasteiger partial charge on any atom is 0.351 e. The quantitative estimate of drug-likeness (QED) is 0.341. The first-order valence-electron chi connectivity index (χ1n) is 10.1. The van der Waals surface area contributed by atoms with Crippen LogP contribution in [0, 0.1) is 11.8 Å². The second-order valence-corrected chi connectivity index (χ2v) is 14.8. The van der Waals surface area contributed by atoms with Crippen molar-refractivity contribution in [3.63, 3.8) is 0 Å². The van der Waals surface area contributed by atoms with E-state index in [2.05, 4.69) is 31.5 Å². The minimum Gasteiger partial charge on any atom is -0.463 e. The third-order valence-corrected chi connectivity index (χ3v) is 6.39. The minimum atomic E-state index is -1.29. The normalized spacial score (nSPS) is 18.9. The molecular weight excluding hydrogens is 384 g/mol. The van der Waals surface area contributed by atoms with Crippen molar-refractivity contribution < 1.29 is 23.8 Å². The summed E-state index contributed by atoms with van der Waals surface area (Å²) < 4.78 is 16.5.